The highest BCUT2D eigenvalue weighted by Crippen LogP contribution is 2.20. The minimum atomic E-state index is -0.315. The molecule has 4 nitrogen and oxygen atoms in total. The van der Waals surface area contributed by atoms with Crippen LogP contribution in [0.15, 0.2) is 4.99 Å². The third-order valence-electron chi connectivity index (χ3n) is 2.41. The second kappa shape index (κ2) is 4.75. The first-order chi connectivity index (χ1) is 6.96. The number of nitrogens with one attached hydrogen (secondary N) is 1. The lowest BCUT2D eigenvalue weighted by Crippen LogP contribution is -2.42. The molecule has 4 heteroatoms. The first kappa shape index (κ1) is 12.2. The molecule has 1 rings (SSSR count). The fourth-order valence-electron chi connectivity index (χ4n) is 1.57. The monoisotopic (exact) mass is 211 g/mol. The average molecular weight is 211 g/mol. The molecule has 1 heterocycles. The van der Waals surface area contributed by atoms with E-state index in [1.807, 2.05) is 32.7 Å². The molecule has 1 aliphatic heterocycles. The Morgan fingerprint density at radius 2 is 2.20 bits per heavy atom. The summed E-state index contributed by atoms with van der Waals surface area (Å²) in [5.41, 5.74) is -0.315. The van der Waals surface area contributed by atoms with E-state index in [4.69, 9.17) is 0 Å². The number of amidine groups is 1. The summed E-state index contributed by atoms with van der Waals surface area (Å²) in [5, 5.41) is 3.07. The molecule has 0 aromatic carbocycles. The molecule has 0 saturated heterocycles. The van der Waals surface area contributed by atoms with Gasteiger partial charge in [0.25, 0.3) is 0 Å². The molecule has 0 aliphatic carbocycles. The van der Waals surface area contributed by atoms with Crippen molar-refractivity contribution in [3.05, 3.63) is 0 Å². The highest BCUT2D eigenvalue weighted by molar-refractivity contribution is 6.01. The first-order valence-corrected chi connectivity index (χ1v) is 5.46. The largest absolute Gasteiger partial charge is 0.319 e. The zero-order valence-corrected chi connectivity index (χ0v) is 10.1. The van der Waals surface area contributed by atoms with E-state index < -0.39 is 0 Å². The Bertz CT molecular complexity index is 265. The summed E-state index contributed by atoms with van der Waals surface area (Å²) >= 11 is 0. The fraction of sp³-hybridized carbons (Fsp3) is 0.818. The van der Waals surface area contributed by atoms with E-state index in [2.05, 4.69) is 10.3 Å². The Morgan fingerprint density at radius 3 is 2.73 bits per heavy atom. The van der Waals surface area contributed by atoms with Crippen molar-refractivity contribution in [3.8, 4) is 0 Å². The summed E-state index contributed by atoms with van der Waals surface area (Å²) in [6.45, 7) is 8.21. The Labute approximate surface area is 91.7 Å². The van der Waals surface area contributed by atoms with Gasteiger partial charge in [0.2, 0.25) is 5.91 Å². The Kier molecular flexibility index (Phi) is 3.85. The lowest BCUT2D eigenvalue weighted by atomic mass is 9.94. The van der Waals surface area contributed by atoms with Gasteiger partial charge in [0.1, 0.15) is 5.84 Å². The molecule has 0 unspecified atom stereocenters. The predicted octanol–water partition coefficient (Wildman–Crippen LogP) is 0.883. The summed E-state index contributed by atoms with van der Waals surface area (Å²) in [4.78, 5) is 18.3. The molecule has 1 aliphatic rings. The zero-order chi connectivity index (χ0) is 11.5. The molecule has 0 aromatic rings. The number of hydrogen-bond acceptors (Lipinski definition) is 3. The van der Waals surface area contributed by atoms with E-state index in [1.165, 1.54) is 0 Å². The third-order valence-corrected chi connectivity index (χ3v) is 2.41. The minimum absolute atomic E-state index is 0.176. The van der Waals surface area contributed by atoms with Crippen molar-refractivity contribution in [2.45, 2.75) is 27.2 Å². The van der Waals surface area contributed by atoms with E-state index in [0.29, 0.717) is 0 Å². The molecule has 0 aromatic heterocycles. The van der Waals surface area contributed by atoms with Crippen LogP contribution in [0.1, 0.15) is 27.2 Å². The lowest BCUT2D eigenvalue weighted by Gasteiger charge is -2.26. The van der Waals surface area contributed by atoms with Crippen molar-refractivity contribution in [3.63, 3.8) is 0 Å². The summed E-state index contributed by atoms with van der Waals surface area (Å²) in [6.07, 6.45) is 0.832. The van der Waals surface area contributed by atoms with Gasteiger partial charge in [-0.05, 0) is 7.05 Å². The zero-order valence-electron chi connectivity index (χ0n) is 10.1. The SMILES string of the molecule is CNCCC1=NCCN1C(=O)C(C)(C)C. The van der Waals surface area contributed by atoms with Crippen LogP contribution < -0.4 is 5.32 Å². The molecule has 0 atom stereocenters. The predicted molar refractivity (Wildman–Crippen MR) is 62.0 cm³/mol. The van der Waals surface area contributed by atoms with E-state index in [1.54, 1.807) is 0 Å². The number of aliphatic imine (C=N–C) groups is 1. The van der Waals surface area contributed by atoms with Gasteiger partial charge in [-0.1, -0.05) is 20.8 Å². The summed E-state index contributed by atoms with van der Waals surface area (Å²) in [5.74, 6) is 1.11. The molecular formula is C11H21N3O. The highest BCUT2D eigenvalue weighted by Gasteiger charge is 2.31. The van der Waals surface area contributed by atoms with Crippen LogP contribution in [0.3, 0.4) is 0 Å². The van der Waals surface area contributed by atoms with Gasteiger partial charge in [0.05, 0.1) is 6.54 Å². The van der Waals surface area contributed by atoms with Gasteiger partial charge >= 0.3 is 0 Å². The van der Waals surface area contributed by atoms with Crippen LogP contribution in [0.5, 0.6) is 0 Å². The Hall–Kier alpha value is -0.900. The normalized spacial score (nSPS) is 16.8. The number of rotatable bonds is 3. The van der Waals surface area contributed by atoms with Crippen LogP contribution in [0, 0.1) is 5.41 Å². The maximum Gasteiger partial charge on any atom is 0.233 e. The summed E-state index contributed by atoms with van der Waals surface area (Å²) in [6, 6.07) is 0. The van der Waals surface area contributed by atoms with Crippen molar-refractivity contribution in [2.24, 2.45) is 10.4 Å². The van der Waals surface area contributed by atoms with E-state index >= 15 is 0 Å². The highest BCUT2D eigenvalue weighted by atomic mass is 16.2. The van der Waals surface area contributed by atoms with Crippen LogP contribution in [0.2, 0.25) is 0 Å². The van der Waals surface area contributed by atoms with Crippen molar-refractivity contribution >= 4 is 11.7 Å². The van der Waals surface area contributed by atoms with Gasteiger partial charge in [0, 0.05) is 24.9 Å². The second-order valence-corrected chi connectivity index (χ2v) is 4.86. The molecular weight excluding hydrogens is 190 g/mol. The van der Waals surface area contributed by atoms with Crippen molar-refractivity contribution < 1.29 is 4.79 Å². The second-order valence-electron chi connectivity index (χ2n) is 4.86. The number of carbonyl (C=O) groups excluding carboxylic acids is 1. The molecule has 86 valence electrons. The van der Waals surface area contributed by atoms with Gasteiger partial charge in [-0.15, -0.1) is 0 Å². The maximum absolute atomic E-state index is 12.1. The average Bonchev–Trinajstić information content (AvgIpc) is 2.59. The molecule has 0 bridgehead atoms. The summed E-state index contributed by atoms with van der Waals surface area (Å²) in [7, 11) is 1.91. The molecule has 1 amide bonds. The lowest BCUT2D eigenvalue weighted by molar-refractivity contribution is -0.135. The van der Waals surface area contributed by atoms with Crippen molar-refractivity contribution in [1.82, 2.24) is 10.2 Å². The van der Waals surface area contributed by atoms with Gasteiger partial charge < -0.3 is 5.32 Å². The van der Waals surface area contributed by atoms with Gasteiger partial charge in [0.15, 0.2) is 0 Å². The van der Waals surface area contributed by atoms with Crippen molar-refractivity contribution in [1.29, 1.82) is 0 Å². The quantitative estimate of drug-likeness (QED) is 0.753. The molecule has 0 spiro atoms. The molecule has 0 fully saturated rings. The Morgan fingerprint density at radius 1 is 1.53 bits per heavy atom. The number of amides is 1. The van der Waals surface area contributed by atoms with Gasteiger partial charge in [-0.25, -0.2) is 0 Å². The number of nitrogens with zero attached hydrogens (tertiary/aromatic N) is 2. The first-order valence-electron chi connectivity index (χ1n) is 5.46. The van der Waals surface area contributed by atoms with Crippen LogP contribution >= 0.6 is 0 Å². The fourth-order valence-corrected chi connectivity index (χ4v) is 1.57. The maximum atomic E-state index is 12.1. The molecule has 0 saturated carbocycles. The van der Waals surface area contributed by atoms with E-state index in [-0.39, 0.29) is 11.3 Å². The Balaban J connectivity index is 2.63. The van der Waals surface area contributed by atoms with Crippen molar-refractivity contribution in [2.75, 3.05) is 26.7 Å². The van der Waals surface area contributed by atoms with Gasteiger partial charge in [-0.3, -0.25) is 14.7 Å². The number of hydrogen-bond donors (Lipinski definition) is 1. The van der Waals surface area contributed by atoms with Crippen LogP contribution in [-0.4, -0.2) is 43.3 Å². The van der Waals surface area contributed by atoms with Crippen LogP contribution in [-0.2, 0) is 4.79 Å². The molecule has 1 N–H and O–H groups in total. The molecule has 15 heavy (non-hydrogen) atoms. The van der Waals surface area contributed by atoms with Crippen LogP contribution in [0.25, 0.3) is 0 Å². The molecule has 0 radical (unpaired) electrons. The van der Waals surface area contributed by atoms with E-state index in [9.17, 15) is 4.79 Å². The van der Waals surface area contributed by atoms with E-state index in [0.717, 1.165) is 31.9 Å². The minimum Gasteiger partial charge on any atom is -0.319 e. The van der Waals surface area contributed by atoms with Gasteiger partial charge in [-0.2, -0.15) is 0 Å². The van der Waals surface area contributed by atoms with Crippen LogP contribution in [0.4, 0.5) is 0 Å². The number of carbonyl (C=O) groups is 1. The third kappa shape index (κ3) is 3.02. The summed E-state index contributed by atoms with van der Waals surface area (Å²) < 4.78 is 0. The smallest absolute Gasteiger partial charge is 0.233 e. The topological polar surface area (TPSA) is 44.7 Å². The standard InChI is InChI=1S/C11H21N3O/c1-11(2,3)10(15)14-8-7-13-9(14)5-6-12-4/h12H,5-8H2,1-4H3.